The van der Waals surface area contributed by atoms with Gasteiger partial charge in [0.15, 0.2) is 0 Å². The molecule has 0 amide bonds. The quantitative estimate of drug-likeness (QED) is 0.786. The molecule has 2 rings (SSSR count). The largest absolute Gasteiger partial charge is 0.563 e. The van der Waals surface area contributed by atoms with Gasteiger partial charge in [-0.2, -0.15) is 0 Å². The molecule has 0 saturated carbocycles. The van der Waals surface area contributed by atoms with Gasteiger partial charge in [0.1, 0.15) is 17.1 Å². The van der Waals surface area contributed by atoms with Crippen LogP contribution in [0.15, 0.2) is 30.5 Å². The van der Waals surface area contributed by atoms with E-state index < -0.39 is 12.7 Å². The van der Waals surface area contributed by atoms with Crippen molar-refractivity contribution in [2.45, 2.75) is 19.4 Å². The van der Waals surface area contributed by atoms with E-state index in [1.54, 1.807) is 12.1 Å². The topological polar surface area (TPSA) is 47.9 Å². The van der Waals surface area contributed by atoms with Crippen LogP contribution < -0.4 is 10.2 Å². The van der Waals surface area contributed by atoms with Crippen molar-refractivity contribution in [1.29, 1.82) is 0 Å². The van der Waals surface area contributed by atoms with E-state index in [0.717, 1.165) is 0 Å². The van der Waals surface area contributed by atoms with Gasteiger partial charge in [0, 0.05) is 11.5 Å². The highest BCUT2D eigenvalue weighted by atomic mass is 16.7. The third kappa shape index (κ3) is 2.24. The van der Waals surface area contributed by atoms with Crippen LogP contribution in [0.4, 0.5) is 0 Å². The van der Waals surface area contributed by atoms with E-state index in [2.05, 4.69) is 6.58 Å². The third-order valence-electron chi connectivity index (χ3n) is 2.74. The summed E-state index contributed by atoms with van der Waals surface area (Å²) in [6, 6.07) is 4.87. The molecule has 0 aliphatic carbocycles. The van der Waals surface area contributed by atoms with E-state index in [0.29, 0.717) is 17.0 Å². The Kier molecular flexibility index (Phi) is 2.79. The molecule has 4 nitrogen and oxygen atoms in total. The predicted molar refractivity (Wildman–Crippen MR) is 65.4 cm³/mol. The van der Waals surface area contributed by atoms with Gasteiger partial charge in [-0.05, 0) is 26.0 Å². The Morgan fingerprint density at radius 3 is 2.59 bits per heavy atom. The minimum absolute atomic E-state index is 0.113. The number of benzene rings is 1. The SMILES string of the molecule is C=C1OB(c2cc(O)cc(OC)c2)OC1(C)C. The number of hydrogen-bond acceptors (Lipinski definition) is 4. The monoisotopic (exact) mass is 234 g/mol. The van der Waals surface area contributed by atoms with Crippen molar-refractivity contribution in [3.8, 4) is 11.5 Å². The summed E-state index contributed by atoms with van der Waals surface area (Å²) < 4.78 is 16.3. The van der Waals surface area contributed by atoms with Gasteiger partial charge in [0.2, 0.25) is 0 Å². The molecule has 17 heavy (non-hydrogen) atoms. The molecule has 1 heterocycles. The third-order valence-corrected chi connectivity index (χ3v) is 2.74. The molecular weight excluding hydrogens is 219 g/mol. The summed E-state index contributed by atoms with van der Waals surface area (Å²) in [5.74, 6) is 1.24. The Bertz CT molecular complexity index is 456. The molecule has 1 aliphatic heterocycles. The lowest BCUT2D eigenvalue weighted by molar-refractivity contribution is 0.173. The summed E-state index contributed by atoms with van der Waals surface area (Å²) >= 11 is 0. The Hall–Kier alpha value is -1.62. The Balaban J connectivity index is 2.30. The van der Waals surface area contributed by atoms with Crippen LogP contribution in [0.25, 0.3) is 0 Å². The first kappa shape index (κ1) is 11.9. The Morgan fingerprint density at radius 2 is 2.06 bits per heavy atom. The van der Waals surface area contributed by atoms with Gasteiger partial charge in [-0.15, -0.1) is 0 Å². The summed E-state index contributed by atoms with van der Waals surface area (Å²) in [5.41, 5.74) is 0.178. The molecule has 1 aliphatic rings. The van der Waals surface area contributed by atoms with E-state index in [4.69, 9.17) is 14.0 Å². The molecule has 1 aromatic carbocycles. The van der Waals surface area contributed by atoms with Gasteiger partial charge in [-0.1, -0.05) is 6.58 Å². The van der Waals surface area contributed by atoms with E-state index >= 15 is 0 Å². The molecule has 1 fully saturated rings. The fourth-order valence-electron chi connectivity index (χ4n) is 1.62. The number of methoxy groups -OCH3 is 1. The summed E-state index contributed by atoms with van der Waals surface area (Å²) in [7, 11) is 0.983. The lowest BCUT2D eigenvalue weighted by Crippen LogP contribution is -2.34. The molecule has 0 bridgehead atoms. The first-order valence-electron chi connectivity index (χ1n) is 5.34. The van der Waals surface area contributed by atoms with Crippen molar-refractivity contribution in [3.05, 3.63) is 30.5 Å². The van der Waals surface area contributed by atoms with Crippen molar-refractivity contribution in [3.63, 3.8) is 0 Å². The van der Waals surface area contributed by atoms with Crippen LogP contribution in [0.5, 0.6) is 11.5 Å². The molecule has 0 radical (unpaired) electrons. The summed E-state index contributed by atoms with van der Waals surface area (Å²) in [6.45, 7) is 7.58. The number of aromatic hydroxyl groups is 1. The summed E-state index contributed by atoms with van der Waals surface area (Å²) in [6.07, 6.45) is 0. The molecule has 0 atom stereocenters. The lowest BCUT2D eigenvalue weighted by atomic mass is 9.79. The van der Waals surface area contributed by atoms with Crippen LogP contribution >= 0.6 is 0 Å². The van der Waals surface area contributed by atoms with Crippen molar-refractivity contribution in [2.24, 2.45) is 0 Å². The highest BCUT2D eigenvalue weighted by molar-refractivity contribution is 6.62. The molecule has 90 valence electrons. The zero-order valence-electron chi connectivity index (χ0n) is 10.2. The normalized spacial score (nSPS) is 18.1. The molecule has 0 unspecified atom stereocenters. The number of phenolic OH excluding ortho intramolecular Hbond substituents is 1. The molecular formula is C12H15BO4. The number of phenols is 1. The number of rotatable bonds is 2. The smallest absolute Gasteiger partial charge is 0.534 e. The minimum Gasteiger partial charge on any atom is -0.534 e. The van der Waals surface area contributed by atoms with Gasteiger partial charge >= 0.3 is 7.12 Å². The highest BCUT2D eigenvalue weighted by Crippen LogP contribution is 2.30. The fraction of sp³-hybridized carbons (Fsp3) is 0.333. The van der Waals surface area contributed by atoms with E-state index in [9.17, 15) is 5.11 Å². The van der Waals surface area contributed by atoms with Gasteiger partial charge in [0.25, 0.3) is 0 Å². The fourth-order valence-corrected chi connectivity index (χ4v) is 1.62. The van der Waals surface area contributed by atoms with Crippen LogP contribution in [-0.2, 0) is 9.31 Å². The van der Waals surface area contributed by atoms with E-state index in [1.165, 1.54) is 13.2 Å². The molecule has 1 saturated heterocycles. The van der Waals surface area contributed by atoms with Crippen molar-refractivity contribution >= 4 is 12.6 Å². The molecule has 0 spiro atoms. The Labute approximate surface area is 101 Å². The van der Waals surface area contributed by atoms with E-state index in [-0.39, 0.29) is 5.75 Å². The molecule has 1 N–H and O–H groups in total. The van der Waals surface area contributed by atoms with Gasteiger partial charge in [0.05, 0.1) is 12.9 Å². The van der Waals surface area contributed by atoms with Crippen molar-refractivity contribution in [1.82, 2.24) is 0 Å². The van der Waals surface area contributed by atoms with Gasteiger partial charge in [-0.25, -0.2) is 0 Å². The van der Waals surface area contributed by atoms with Crippen LogP contribution in [0, 0.1) is 0 Å². The predicted octanol–water partition coefficient (Wildman–Crippen LogP) is 1.44. The van der Waals surface area contributed by atoms with Crippen molar-refractivity contribution < 1.29 is 19.2 Å². The second-order valence-corrected chi connectivity index (χ2v) is 4.47. The second-order valence-electron chi connectivity index (χ2n) is 4.47. The number of hydrogen-bond donors (Lipinski definition) is 1. The van der Waals surface area contributed by atoms with Crippen LogP contribution in [-0.4, -0.2) is 24.9 Å². The minimum atomic E-state index is -0.557. The first-order chi connectivity index (χ1) is 7.92. The van der Waals surface area contributed by atoms with Crippen LogP contribution in [0.1, 0.15) is 13.8 Å². The maximum absolute atomic E-state index is 9.57. The average molecular weight is 234 g/mol. The lowest BCUT2D eigenvalue weighted by Gasteiger charge is -2.15. The first-order valence-corrected chi connectivity index (χ1v) is 5.34. The second kappa shape index (κ2) is 4.00. The number of ether oxygens (including phenoxy) is 1. The van der Waals surface area contributed by atoms with E-state index in [1.807, 2.05) is 13.8 Å². The van der Waals surface area contributed by atoms with Crippen LogP contribution in [0.3, 0.4) is 0 Å². The molecule has 1 aromatic rings. The van der Waals surface area contributed by atoms with Crippen LogP contribution in [0.2, 0.25) is 0 Å². The Morgan fingerprint density at radius 1 is 1.35 bits per heavy atom. The standard InChI is InChI=1S/C12H15BO4/c1-8-12(2,3)17-13(16-8)9-5-10(14)7-11(6-9)15-4/h5-7,14H,1H2,2-4H3. The maximum Gasteiger partial charge on any atom is 0.563 e. The summed E-state index contributed by atoms with van der Waals surface area (Å²) in [4.78, 5) is 0. The maximum atomic E-state index is 9.57. The highest BCUT2D eigenvalue weighted by Gasteiger charge is 2.43. The molecule has 5 heteroatoms. The van der Waals surface area contributed by atoms with Crippen molar-refractivity contribution in [2.75, 3.05) is 7.11 Å². The zero-order valence-corrected chi connectivity index (χ0v) is 10.2. The average Bonchev–Trinajstić information content (AvgIpc) is 2.53. The summed E-state index contributed by atoms with van der Waals surface area (Å²) in [5, 5.41) is 9.57. The van der Waals surface area contributed by atoms with Gasteiger partial charge in [-0.3, -0.25) is 0 Å². The van der Waals surface area contributed by atoms with Gasteiger partial charge < -0.3 is 19.2 Å². The molecule has 0 aromatic heterocycles. The zero-order chi connectivity index (χ0) is 12.6.